The molecule has 1 aromatic rings. The summed E-state index contributed by atoms with van der Waals surface area (Å²) in [5, 5.41) is 3.04. The Labute approximate surface area is 118 Å². The molecule has 112 valence electrons. The van der Waals surface area contributed by atoms with E-state index in [-0.39, 0.29) is 28.1 Å². The van der Waals surface area contributed by atoms with Gasteiger partial charge in [-0.1, -0.05) is 0 Å². The zero-order chi connectivity index (χ0) is 15.0. The van der Waals surface area contributed by atoms with E-state index >= 15 is 0 Å². The molecule has 0 bridgehead atoms. The molecule has 20 heavy (non-hydrogen) atoms. The number of hydrogen-bond donors (Lipinski definition) is 3. The molecule has 1 aromatic carbocycles. The van der Waals surface area contributed by atoms with Crippen LogP contribution in [0.1, 0.15) is 6.42 Å². The summed E-state index contributed by atoms with van der Waals surface area (Å²) in [5.74, 6) is 0.236. The molecule has 1 saturated heterocycles. The van der Waals surface area contributed by atoms with Crippen LogP contribution in [0.3, 0.4) is 0 Å². The van der Waals surface area contributed by atoms with Gasteiger partial charge in [0.25, 0.3) is 0 Å². The zero-order valence-corrected chi connectivity index (χ0v) is 12.6. The van der Waals surface area contributed by atoms with Gasteiger partial charge in [0.05, 0.1) is 27.8 Å². The Hall–Kier alpha value is -1.32. The average Bonchev–Trinajstić information content (AvgIpc) is 2.71. The fraction of sp³-hybridized carbons (Fsp3) is 0.455. The number of nitrogen functional groups attached to an aromatic ring is 1. The molecule has 1 aliphatic heterocycles. The largest absolute Gasteiger partial charge is 0.397 e. The molecule has 1 atom stereocenters. The maximum Gasteiger partial charge on any atom is 0.240 e. The molecule has 7 nitrogen and oxygen atoms in total. The van der Waals surface area contributed by atoms with Crippen molar-refractivity contribution in [2.75, 3.05) is 29.6 Å². The maximum atomic E-state index is 11.6. The Morgan fingerprint density at radius 1 is 1.35 bits per heavy atom. The Morgan fingerprint density at radius 2 is 2.05 bits per heavy atom. The molecular weight excluding hydrogens is 302 g/mol. The van der Waals surface area contributed by atoms with Gasteiger partial charge in [0, 0.05) is 6.04 Å². The number of sulfone groups is 1. The lowest BCUT2D eigenvalue weighted by atomic mass is 10.2. The highest BCUT2D eigenvalue weighted by atomic mass is 32.2. The van der Waals surface area contributed by atoms with Gasteiger partial charge in [-0.25, -0.2) is 21.6 Å². The summed E-state index contributed by atoms with van der Waals surface area (Å²) in [6.45, 7) is 0. The second-order valence-electron chi connectivity index (χ2n) is 4.70. The number of rotatable bonds is 4. The van der Waals surface area contributed by atoms with Gasteiger partial charge in [0.2, 0.25) is 10.0 Å². The molecule has 0 saturated carbocycles. The number of nitrogens with two attached hydrogens (primary N) is 1. The normalized spacial score (nSPS) is 21.8. The molecule has 1 aliphatic rings. The molecule has 9 heteroatoms. The van der Waals surface area contributed by atoms with E-state index in [4.69, 9.17) is 5.73 Å². The highest BCUT2D eigenvalue weighted by Gasteiger charge is 2.28. The highest BCUT2D eigenvalue weighted by Crippen LogP contribution is 2.25. The molecule has 0 spiro atoms. The Kier molecular flexibility index (Phi) is 3.94. The molecular formula is C11H17N3O4S2. The number of benzene rings is 1. The molecule has 1 fully saturated rings. The second-order valence-corrected chi connectivity index (χ2v) is 8.82. The van der Waals surface area contributed by atoms with Crippen molar-refractivity contribution in [3.8, 4) is 0 Å². The van der Waals surface area contributed by atoms with Gasteiger partial charge in [0.1, 0.15) is 0 Å². The predicted molar refractivity (Wildman–Crippen MR) is 77.8 cm³/mol. The van der Waals surface area contributed by atoms with Crippen LogP contribution in [-0.4, -0.2) is 41.4 Å². The van der Waals surface area contributed by atoms with Crippen LogP contribution in [0.5, 0.6) is 0 Å². The lowest BCUT2D eigenvalue weighted by Crippen LogP contribution is -2.22. The van der Waals surface area contributed by atoms with Crippen molar-refractivity contribution in [3.63, 3.8) is 0 Å². The molecule has 2 rings (SSSR count). The standard InChI is InChI=1S/C11H17N3O4S2/c1-13-20(17,18)9-2-3-11(10(12)6-9)14-8-4-5-19(15,16)7-8/h2-3,6,8,13-14H,4-5,7,12H2,1H3. The van der Waals surface area contributed by atoms with E-state index in [1.807, 2.05) is 0 Å². The summed E-state index contributed by atoms with van der Waals surface area (Å²) in [4.78, 5) is 0.0714. The first-order valence-corrected chi connectivity index (χ1v) is 9.34. The minimum absolute atomic E-state index is 0.0714. The van der Waals surface area contributed by atoms with Crippen molar-refractivity contribution in [2.45, 2.75) is 17.4 Å². The Balaban J connectivity index is 2.19. The molecule has 1 unspecified atom stereocenters. The first kappa shape index (κ1) is 15.1. The number of nitrogens with one attached hydrogen (secondary N) is 2. The van der Waals surface area contributed by atoms with E-state index in [2.05, 4.69) is 10.0 Å². The van der Waals surface area contributed by atoms with Crippen molar-refractivity contribution in [3.05, 3.63) is 18.2 Å². The van der Waals surface area contributed by atoms with Crippen molar-refractivity contribution in [1.82, 2.24) is 4.72 Å². The van der Waals surface area contributed by atoms with Gasteiger partial charge in [0.15, 0.2) is 9.84 Å². The lowest BCUT2D eigenvalue weighted by Gasteiger charge is -2.15. The van der Waals surface area contributed by atoms with Crippen LogP contribution >= 0.6 is 0 Å². The van der Waals surface area contributed by atoms with E-state index in [0.717, 1.165) is 0 Å². The van der Waals surface area contributed by atoms with Gasteiger partial charge in [-0.05, 0) is 31.7 Å². The quantitative estimate of drug-likeness (QED) is 0.660. The SMILES string of the molecule is CNS(=O)(=O)c1ccc(NC2CCS(=O)(=O)C2)c(N)c1. The summed E-state index contributed by atoms with van der Waals surface area (Å²) < 4.78 is 48.2. The number of hydrogen-bond acceptors (Lipinski definition) is 6. The average molecular weight is 319 g/mol. The van der Waals surface area contributed by atoms with Gasteiger partial charge >= 0.3 is 0 Å². The van der Waals surface area contributed by atoms with Crippen LogP contribution < -0.4 is 15.8 Å². The second kappa shape index (κ2) is 5.23. The van der Waals surface area contributed by atoms with E-state index in [1.54, 1.807) is 6.07 Å². The maximum absolute atomic E-state index is 11.6. The summed E-state index contributed by atoms with van der Waals surface area (Å²) >= 11 is 0. The third kappa shape index (κ3) is 3.22. The van der Waals surface area contributed by atoms with Gasteiger partial charge < -0.3 is 11.1 Å². The van der Waals surface area contributed by atoms with Gasteiger partial charge in [-0.15, -0.1) is 0 Å². The first-order chi connectivity index (χ1) is 9.23. The first-order valence-electron chi connectivity index (χ1n) is 6.03. The number of anilines is 2. The van der Waals surface area contributed by atoms with Crippen LogP contribution in [0, 0.1) is 0 Å². The minimum Gasteiger partial charge on any atom is -0.397 e. The zero-order valence-electron chi connectivity index (χ0n) is 11.0. The molecule has 0 amide bonds. The van der Waals surface area contributed by atoms with Crippen LogP contribution in [0.4, 0.5) is 11.4 Å². The predicted octanol–water partition coefficient (Wildman–Crippen LogP) is -0.224. The Bertz CT molecular complexity index is 713. The fourth-order valence-electron chi connectivity index (χ4n) is 2.09. The van der Waals surface area contributed by atoms with Crippen molar-refractivity contribution in [1.29, 1.82) is 0 Å². The van der Waals surface area contributed by atoms with Crippen molar-refractivity contribution >= 4 is 31.2 Å². The molecule has 0 aliphatic carbocycles. The summed E-state index contributed by atoms with van der Waals surface area (Å²) in [7, 11) is -5.19. The van der Waals surface area contributed by atoms with Crippen LogP contribution in [-0.2, 0) is 19.9 Å². The van der Waals surface area contributed by atoms with E-state index in [9.17, 15) is 16.8 Å². The summed E-state index contributed by atoms with van der Waals surface area (Å²) in [5.41, 5.74) is 6.63. The third-order valence-electron chi connectivity index (χ3n) is 3.19. The number of sulfonamides is 1. The summed E-state index contributed by atoms with van der Waals surface area (Å²) in [6, 6.07) is 4.13. The van der Waals surface area contributed by atoms with Crippen LogP contribution in [0.25, 0.3) is 0 Å². The third-order valence-corrected chi connectivity index (χ3v) is 6.37. The fourth-order valence-corrected chi connectivity index (χ4v) is 4.52. The Morgan fingerprint density at radius 3 is 2.55 bits per heavy atom. The van der Waals surface area contributed by atoms with E-state index < -0.39 is 19.9 Å². The van der Waals surface area contributed by atoms with Crippen LogP contribution in [0.15, 0.2) is 23.1 Å². The van der Waals surface area contributed by atoms with Crippen molar-refractivity contribution in [2.24, 2.45) is 0 Å². The molecule has 1 heterocycles. The van der Waals surface area contributed by atoms with Gasteiger partial charge in [-0.3, -0.25) is 0 Å². The lowest BCUT2D eigenvalue weighted by molar-refractivity contribution is 0.588. The van der Waals surface area contributed by atoms with E-state index in [0.29, 0.717) is 12.1 Å². The minimum atomic E-state index is -3.54. The van der Waals surface area contributed by atoms with Gasteiger partial charge in [-0.2, -0.15) is 0 Å². The van der Waals surface area contributed by atoms with Crippen molar-refractivity contribution < 1.29 is 16.8 Å². The monoisotopic (exact) mass is 319 g/mol. The smallest absolute Gasteiger partial charge is 0.240 e. The van der Waals surface area contributed by atoms with E-state index in [1.165, 1.54) is 19.2 Å². The summed E-state index contributed by atoms with van der Waals surface area (Å²) in [6.07, 6.45) is 0.526. The topological polar surface area (TPSA) is 118 Å². The highest BCUT2D eigenvalue weighted by molar-refractivity contribution is 7.91. The molecule has 0 radical (unpaired) electrons. The molecule has 4 N–H and O–H groups in total. The molecule has 0 aromatic heterocycles. The van der Waals surface area contributed by atoms with Crippen LogP contribution in [0.2, 0.25) is 0 Å².